The highest BCUT2D eigenvalue weighted by atomic mass is 35.5. The zero-order valence-electron chi connectivity index (χ0n) is 10.5. The second kappa shape index (κ2) is 6.03. The van der Waals surface area contributed by atoms with E-state index in [1.807, 2.05) is 36.8 Å². The largest absolute Gasteiger partial charge is 0.334 e. The van der Waals surface area contributed by atoms with E-state index in [4.69, 9.17) is 17.3 Å². The molecule has 0 saturated heterocycles. The van der Waals surface area contributed by atoms with E-state index in [1.165, 1.54) is 0 Å². The zero-order chi connectivity index (χ0) is 13.0. The lowest BCUT2D eigenvalue weighted by Gasteiger charge is -2.21. The van der Waals surface area contributed by atoms with Gasteiger partial charge in [0.1, 0.15) is 0 Å². The molecule has 2 N–H and O–H groups in total. The Hall–Kier alpha value is -1.32. The van der Waals surface area contributed by atoms with E-state index in [1.54, 1.807) is 6.20 Å². The molecule has 1 heterocycles. The van der Waals surface area contributed by atoms with Gasteiger partial charge in [0.2, 0.25) is 0 Å². The molecule has 3 nitrogen and oxygen atoms in total. The van der Waals surface area contributed by atoms with Crippen molar-refractivity contribution in [2.45, 2.75) is 31.8 Å². The Morgan fingerprint density at radius 1 is 1.39 bits per heavy atom. The van der Waals surface area contributed by atoms with Crippen LogP contribution < -0.4 is 5.73 Å². The highest BCUT2D eigenvalue weighted by Gasteiger charge is 2.16. The molecule has 0 aliphatic carbocycles. The molecule has 0 radical (unpaired) electrons. The molecule has 0 aliphatic rings. The maximum Gasteiger partial charge on any atom is 0.0948 e. The van der Waals surface area contributed by atoms with Gasteiger partial charge in [-0.2, -0.15) is 0 Å². The topological polar surface area (TPSA) is 43.8 Å². The van der Waals surface area contributed by atoms with Gasteiger partial charge in [-0.3, -0.25) is 0 Å². The second-order valence-corrected chi connectivity index (χ2v) is 4.84. The van der Waals surface area contributed by atoms with Gasteiger partial charge in [0.05, 0.1) is 6.33 Å². The van der Waals surface area contributed by atoms with Gasteiger partial charge in [-0.05, 0) is 24.5 Å². The Morgan fingerprint density at radius 2 is 2.17 bits per heavy atom. The third-order valence-corrected chi connectivity index (χ3v) is 3.59. The predicted molar refractivity (Wildman–Crippen MR) is 74.6 cm³/mol. The molecule has 0 amide bonds. The van der Waals surface area contributed by atoms with Gasteiger partial charge in [0, 0.05) is 29.5 Å². The number of benzene rings is 1. The molecule has 0 aliphatic heterocycles. The van der Waals surface area contributed by atoms with Crippen molar-refractivity contribution in [2.24, 2.45) is 5.73 Å². The quantitative estimate of drug-likeness (QED) is 0.896. The van der Waals surface area contributed by atoms with Crippen LogP contribution in [0.15, 0.2) is 43.0 Å². The average molecular weight is 264 g/mol. The summed E-state index contributed by atoms with van der Waals surface area (Å²) in [6, 6.07) is 8.08. The Kier molecular flexibility index (Phi) is 4.39. The third-order valence-electron chi connectivity index (χ3n) is 3.25. The molecule has 1 aromatic heterocycles. The van der Waals surface area contributed by atoms with Crippen LogP contribution >= 0.6 is 11.6 Å². The molecular weight excluding hydrogens is 246 g/mol. The van der Waals surface area contributed by atoms with E-state index in [2.05, 4.69) is 16.5 Å². The number of imidazole rings is 1. The van der Waals surface area contributed by atoms with E-state index in [9.17, 15) is 0 Å². The van der Waals surface area contributed by atoms with Crippen LogP contribution in [0.2, 0.25) is 5.02 Å². The van der Waals surface area contributed by atoms with Gasteiger partial charge in [0.25, 0.3) is 0 Å². The summed E-state index contributed by atoms with van der Waals surface area (Å²) in [6.45, 7) is 2.16. The Balaban J connectivity index is 2.11. The first kappa shape index (κ1) is 13.1. The number of halogens is 1. The van der Waals surface area contributed by atoms with Gasteiger partial charge in [-0.15, -0.1) is 0 Å². The van der Waals surface area contributed by atoms with Crippen molar-refractivity contribution in [1.82, 2.24) is 9.55 Å². The molecule has 2 aromatic rings. The lowest BCUT2D eigenvalue weighted by molar-refractivity contribution is 0.414. The lowest BCUT2D eigenvalue weighted by atomic mass is 9.98. The van der Waals surface area contributed by atoms with E-state index >= 15 is 0 Å². The number of nitrogens with zero attached hydrogens (tertiary/aromatic N) is 2. The molecule has 18 heavy (non-hydrogen) atoms. The highest BCUT2D eigenvalue weighted by molar-refractivity contribution is 6.31. The number of hydrogen-bond acceptors (Lipinski definition) is 2. The minimum absolute atomic E-state index is 0.0500. The van der Waals surface area contributed by atoms with Crippen molar-refractivity contribution in [3.63, 3.8) is 0 Å². The number of hydrogen-bond donors (Lipinski definition) is 1. The van der Waals surface area contributed by atoms with Gasteiger partial charge in [-0.1, -0.05) is 36.7 Å². The van der Waals surface area contributed by atoms with Crippen LogP contribution in [0.3, 0.4) is 0 Å². The molecule has 1 aromatic carbocycles. The smallest absolute Gasteiger partial charge is 0.0948 e. The molecule has 96 valence electrons. The standard InChI is InChI=1S/C14H18ClN3/c1-2-11(18-8-7-17-10-18)9-14(16)12-5-3-4-6-13(12)15/h3-8,10-11,14H,2,9,16H2,1H3. The average Bonchev–Trinajstić information content (AvgIpc) is 2.90. The molecule has 2 unspecified atom stereocenters. The van der Waals surface area contributed by atoms with Crippen molar-refractivity contribution < 1.29 is 0 Å². The Morgan fingerprint density at radius 3 is 2.78 bits per heavy atom. The van der Waals surface area contributed by atoms with Crippen LogP contribution in [-0.4, -0.2) is 9.55 Å². The van der Waals surface area contributed by atoms with Crippen molar-refractivity contribution in [1.29, 1.82) is 0 Å². The molecule has 0 spiro atoms. The molecule has 2 rings (SSSR count). The fraction of sp³-hybridized carbons (Fsp3) is 0.357. The van der Waals surface area contributed by atoms with E-state index in [0.717, 1.165) is 23.4 Å². The monoisotopic (exact) mass is 263 g/mol. The normalized spacial score (nSPS) is 14.4. The summed E-state index contributed by atoms with van der Waals surface area (Å²) in [5, 5.41) is 0.741. The van der Waals surface area contributed by atoms with Crippen LogP contribution in [0.4, 0.5) is 0 Å². The summed E-state index contributed by atoms with van der Waals surface area (Å²) in [5.41, 5.74) is 7.27. The van der Waals surface area contributed by atoms with E-state index < -0.39 is 0 Å². The van der Waals surface area contributed by atoms with Gasteiger partial charge in [0.15, 0.2) is 0 Å². The van der Waals surface area contributed by atoms with Crippen molar-refractivity contribution in [3.05, 3.63) is 53.6 Å². The van der Waals surface area contributed by atoms with Gasteiger partial charge >= 0.3 is 0 Å². The molecule has 0 bridgehead atoms. The fourth-order valence-electron chi connectivity index (χ4n) is 2.18. The molecule has 4 heteroatoms. The van der Waals surface area contributed by atoms with Crippen LogP contribution in [-0.2, 0) is 0 Å². The first-order valence-corrected chi connectivity index (χ1v) is 6.57. The number of aromatic nitrogens is 2. The third kappa shape index (κ3) is 2.92. The summed E-state index contributed by atoms with van der Waals surface area (Å²) in [5.74, 6) is 0. The summed E-state index contributed by atoms with van der Waals surface area (Å²) in [6.07, 6.45) is 7.50. The van der Waals surface area contributed by atoms with Crippen LogP contribution in [0.25, 0.3) is 0 Å². The molecule has 0 fully saturated rings. The van der Waals surface area contributed by atoms with Crippen molar-refractivity contribution in [3.8, 4) is 0 Å². The SMILES string of the molecule is CCC(CC(N)c1ccccc1Cl)n1ccnc1. The first-order valence-electron chi connectivity index (χ1n) is 6.19. The number of nitrogens with two attached hydrogens (primary N) is 1. The molecular formula is C14H18ClN3. The highest BCUT2D eigenvalue weighted by Crippen LogP contribution is 2.28. The lowest BCUT2D eigenvalue weighted by Crippen LogP contribution is -2.17. The summed E-state index contributed by atoms with van der Waals surface area (Å²) in [4.78, 5) is 4.08. The second-order valence-electron chi connectivity index (χ2n) is 4.44. The van der Waals surface area contributed by atoms with E-state index in [-0.39, 0.29) is 6.04 Å². The molecule has 0 saturated carbocycles. The summed E-state index contributed by atoms with van der Waals surface area (Å²) < 4.78 is 2.11. The van der Waals surface area contributed by atoms with Gasteiger partial charge < -0.3 is 10.3 Å². The van der Waals surface area contributed by atoms with E-state index in [0.29, 0.717) is 6.04 Å². The summed E-state index contributed by atoms with van der Waals surface area (Å²) in [7, 11) is 0. The van der Waals surface area contributed by atoms with Crippen molar-refractivity contribution in [2.75, 3.05) is 0 Å². The fourth-order valence-corrected chi connectivity index (χ4v) is 2.46. The first-order chi connectivity index (χ1) is 8.72. The Labute approximate surface area is 113 Å². The van der Waals surface area contributed by atoms with Crippen LogP contribution in [0.1, 0.15) is 37.4 Å². The van der Waals surface area contributed by atoms with Crippen LogP contribution in [0.5, 0.6) is 0 Å². The summed E-state index contributed by atoms with van der Waals surface area (Å²) >= 11 is 6.17. The minimum atomic E-state index is -0.0500. The molecule has 2 atom stereocenters. The maximum atomic E-state index is 6.26. The zero-order valence-corrected chi connectivity index (χ0v) is 11.2. The predicted octanol–water partition coefficient (Wildman–Crippen LogP) is 3.58. The van der Waals surface area contributed by atoms with Crippen LogP contribution in [0, 0.1) is 0 Å². The van der Waals surface area contributed by atoms with Gasteiger partial charge in [-0.25, -0.2) is 4.98 Å². The van der Waals surface area contributed by atoms with Crippen molar-refractivity contribution >= 4 is 11.6 Å². The number of rotatable bonds is 5. The minimum Gasteiger partial charge on any atom is -0.334 e. The maximum absolute atomic E-state index is 6.26. The Bertz CT molecular complexity index is 482.